The van der Waals surface area contributed by atoms with Crippen molar-refractivity contribution in [1.29, 1.82) is 0 Å². The summed E-state index contributed by atoms with van der Waals surface area (Å²) in [4.78, 5) is 16.8. The lowest BCUT2D eigenvalue weighted by atomic mass is 9.91. The van der Waals surface area contributed by atoms with E-state index in [2.05, 4.69) is 4.98 Å². The van der Waals surface area contributed by atoms with E-state index in [4.69, 9.17) is 5.53 Å². The second kappa shape index (κ2) is 4.57. The topological polar surface area (TPSA) is 71.2 Å². The van der Waals surface area contributed by atoms with Crippen LogP contribution in [0.15, 0.2) is 30.6 Å². The lowest BCUT2D eigenvalue weighted by Gasteiger charge is -2.28. The molecule has 2 aromatic rings. The molecule has 0 atom stereocenters. The Labute approximate surface area is 111 Å². The van der Waals surface area contributed by atoms with E-state index in [1.807, 2.05) is 34.1 Å². The molecule has 1 saturated carbocycles. The molecule has 2 aromatic heterocycles. The van der Waals surface area contributed by atoms with Crippen molar-refractivity contribution in [2.75, 3.05) is 6.54 Å². The Morgan fingerprint density at radius 1 is 1.42 bits per heavy atom. The summed E-state index contributed by atoms with van der Waals surface area (Å²) in [6.45, 7) is -0.0213. The smallest absolute Gasteiger partial charge is 0.221 e. The molecule has 0 bridgehead atoms. The molecule has 1 fully saturated rings. The quantitative estimate of drug-likeness (QED) is 0.828. The summed E-state index contributed by atoms with van der Waals surface area (Å²) < 4.78 is 2.00. The highest BCUT2D eigenvalue weighted by molar-refractivity contribution is 5.90. The van der Waals surface area contributed by atoms with Crippen LogP contribution in [-0.4, -0.2) is 21.9 Å². The summed E-state index contributed by atoms with van der Waals surface area (Å²) in [5.74, 6) is 0.0238. The molecular weight excluding hydrogens is 240 g/mol. The van der Waals surface area contributed by atoms with E-state index in [0.29, 0.717) is 0 Å². The van der Waals surface area contributed by atoms with E-state index >= 15 is 0 Å². The van der Waals surface area contributed by atoms with Crippen LogP contribution in [0.4, 0.5) is 0 Å². The van der Waals surface area contributed by atoms with E-state index < -0.39 is 5.54 Å². The Balaban J connectivity index is 2.14. The minimum atomic E-state index is -0.550. The second-order valence-corrected chi connectivity index (χ2v) is 5.10. The minimum Gasteiger partial charge on any atom is -0.508 e. The van der Waals surface area contributed by atoms with Gasteiger partial charge >= 0.3 is 0 Å². The van der Waals surface area contributed by atoms with Crippen LogP contribution in [0.2, 0.25) is 0 Å². The van der Waals surface area contributed by atoms with Crippen LogP contribution in [0.1, 0.15) is 25.7 Å². The Morgan fingerprint density at radius 2 is 2.21 bits per heavy atom. The maximum Gasteiger partial charge on any atom is 0.221 e. The first-order valence-corrected chi connectivity index (χ1v) is 6.61. The van der Waals surface area contributed by atoms with Crippen molar-refractivity contribution in [2.24, 2.45) is 0 Å². The van der Waals surface area contributed by atoms with Crippen molar-refractivity contribution in [3.8, 4) is 0 Å². The molecule has 0 aliphatic heterocycles. The molecule has 1 aliphatic carbocycles. The average Bonchev–Trinajstić information content (AvgIpc) is 3.06. The standard InChI is InChI=1S/C14H16N4O/c15-17-10-12(19)14(6-1-2-7-14)18-9-5-11-4-3-8-16-13(11)18/h3-5,8-9,17H,1-2,6-7,10H2. The molecule has 1 aliphatic rings. The van der Waals surface area contributed by atoms with E-state index in [-0.39, 0.29) is 12.3 Å². The van der Waals surface area contributed by atoms with Crippen molar-refractivity contribution in [3.05, 3.63) is 36.1 Å². The van der Waals surface area contributed by atoms with Crippen molar-refractivity contribution < 1.29 is 9.91 Å². The molecule has 0 aromatic carbocycles. The van der Waals surface area contributed by atoms with Gasteiger partial charge < -0.3 is 15.2 Å². The average molecular weight is 256 g/mol. The van der Waals surface area contributed by atoms with Crippen LogP contribution in [0.25, 0.3) is 16.6 Å². The number of fused-ring (bicyclic) bond motifs is 1. The number of nitrogens with one attached hydrogen (secondary N) is 1. The lowest BCUT2D eigenvalue weighted by molar-refractivity contribution is -0.468. The Kier molecular flexibility index (Phi) is 2.89. The zero-order valence-corrected chi connectivity index (χ0v) is 10.7. The first-order chi connectivity index (χ1) is 9.28. The molecule has 3 rings (SSSR count). The second-order valence-electron chi connectivity index (χ2n) is 5.10. The van der Waals surface area contributed by atoms with Gasteiger partial charge in [0.25, 0.3) is 0 Å². The number of carbonyl (C=O) groups is 1. The number of hydrogen-bond donors (Lipinski definition) is 1. The number of rotatable bonds is 4. The summed E-state index contributed by atoms with van der Waals surface area (Å²) in [5.41, 5.74) is 9.12. The van der Waals surface area contributed by atoms with E-state index in [1.54, 1.807) is 6.20 Å². The normalized spacial score (nSPS) is 17.7. The van der Waals surface area contributed by atoms with Gasteiger partial charge in [-0.25, -0.2) is 4.98 Å². The number of aromatic nitrogens is 2. The van der Waals surface area contributed by atoms with Crippen LogP contribution < -0.4 is 5.11 Å². The van der Waals surface area contributed by atoms with Gasteiger partial charge in [-0.05, 0) is 31.0 Å². The van der Waals surface area contributed by atoms with Crippen LogP contribution in [0.3, 0.4) is 0 Å². The van der Waals surface area contributed by atoms with Crippen LogP contribution in [0, 0.1) is 0 Å². The van der Waals surface area contributed by atoms with E-state index in [9.17, 15) is 4.79 Å². The van der Waals surface area contributed by atoms with Crippen LogP contribution in [0.5, 0.6) is 0 Å². The fourth-order valence-electron chi connectivity index (χ4n) is 3.16. The Bertz CT molecular complexity index is 625. The molecule has 1 N–H and O–H groups in total. The van der Waals surface area contributed by atoms with Gasteiger partial charge in [0.05, 0.1) is 0 Å². The maximum absolute atomic E-state index is 12.4. The molecule has 5 heteroatoms. The molecule has 19 heavy (non-hydrogen) atoms. The Hall–Kier alpha value is -2.04. The highest BCUT2D eigenvalue weighted by Crippen LogP contribution is 2.39. The molecule has 2 heterocycles. The number of nitrogens with zero attached hydrogens (tertiary/aromatic N) is 3. The third-order valence-corrected chi connectivity index (χ3v) is 4.10. The van der Waals surface area contributed by atoms with Gasteiger partial charge in [-0.2, -0.15) is 0 Å². The van der Waals surface area contributed by atoms with Crippen molar-refractivity contribution in [2.45, 2.75) is 31.2 Å². The molecule has 0 radical (unpaired) electrons. The molecule has 0 saturated heterocycles. The molecular formula is C14H16N4O. The summed E-state index contributed by atoms with van der Waals surface area (Å²) in [7, 11) is 0. The number of carbonyl (C=O) groups excluding carboxylic acids is 1. The van der Waals surface area contributed by atoms with Gasteiger partial charge in [-0.1, -0.05) is 12.8 Å². The number of pyridine rings is 1. The number of ketones is 1. The fourth-order valence-corrected chi connectivity index (χ4v) is 3.16. The first kappa shape index (κ1) is 12.0. The summed E-state index contributed by atoms with van der Waals surface area (Å²) in [5, 5.41) is 3.04. The highest BCUT2D eigenvalue weighted by atomic mass is 16.1. The summed E-state index contributed by atoms with van der Waals surface area (Å²) >= 11 is 0. The molecule has 0 unspecified atom stereocenters. The predicted octanol–water partition coefficient (Wildman–Crippen LogP) is 0.977. The maximum atomic E-state index is 12.4. The van der Waals surface area contributed by atoms with Crippen molar-refractivity contribution in [1.82, 2.24) is 9.55 Å². The third-order valence-electron chi connectivity index (χ3n) is 4.10. The van der Waals surface area contributed by atoms with Crippen LogP contribution >= 0.6 is 0 Å². The largest absolute Gasteiger partial charge is 0.508 e. The van der Waals surface area contributed by atoms with Gasteiger partial charge in [0.2, 0.25) is 5.78 Å². The van der Waals surface area contributed by atoms with E-state index in [0.717, 1.165) is 36.7 Å². The monoisotopic (exact) mass is 256 g/mol. The van der Waals surface area contributed by atoms with Crippen molar-refractivity contribution >= 4 is 16.8 Å². The molecule has 0 spiro atoms. The number of Topliss-reactive ketones (excluding diaryl/α,β-unsaturated/α-hetero) is 1. The van der Waals surface area contributed by atoms with Crippen molar-refractivity contribution in [3.63, 3.8) is 0 Å². The number of hydrogen-bond acceptors (Lipinski definition) is 2. The molecule has 5 nitrogen and oxygen atoms in total. The molecule has 98 valence electrons. The SMILES string of the molecule is [N-]=[NH+]CC(=O)C1(n2ccc3cccnc32)CCCC1. The summed E-state index contributed by atoms with van der Waals surface area (Å²) in [6.07, 6.45) is 7.38. The zero-order valence-electron chi connectivity index (χ0n) is 10.7. The van der Waals surface area contributed by atoms with Crippen LogP contribution in [-0.2, 0) is 10.3 Å². The highest BCUT2D eigenvalue weighted by Gasteiger charge is 2.43. The first-order valence-electron chi connectivity index (χ1n) is 6.61. The fraction of sp³-hybridized carbons (Fsp3) is 0.429. The summed E-state index contributed by atoms with van der Waals surface area (Å²) in [6, 6.07) is 5.88. The Morgan fingerprint density at radius 3 is 2.95 bits per heavy atom. The third kappa shape index (κ3) is 1.77. The minimum absolute atomic E-state index is 0.0213. The van der Waals surface area contributed by atoms with E-state index in [1.165, 1.54) is 0 Å². The van der Waals surface area contributed by atoms with Gasteiger partial charge in [-0.3, -0.25) is 4.79 Å². The van der Waals surface area contributed by atoms with Gasteiger partial charge in [0, 0.05) is 17.8 Å². The zero-order chi connectivity index (χ0) is 13.3. The molecule has 0 amide bonds. The van der Waals surface area contributed by atoms with Gasteiger partial charge in [0.1, 0.15) is 11.2 Å². The predicted molar refractivity (Wildman–Crippen MR) is 70.4 cm³/mol. The lowest BCUT2D eigenvalue weighted by Crippen LogP contribution is -2.68. The van der Waals surface area contributed by atoms with Gasteiger partial charge in [0.15, 0.2) is 6.54 Å². The van der Waals surface area contributed by atoms with Gasteiger partial charge in [-0.15, -0.1) is 0 Å².